The van der Waals surface area contributed by atoms with Gasteiger partial charge < -0.3 is 5.32 Å². The van der Waals surface area contributed by atoms with Crippen LogP contribution in [0.5, 0.6) is 0 Å². The van der Waals surface area contributed by atoms with Crippen LogP contribution in [0.4, 0.5) is 4.39 Å². The van der Waals surface area contributed by atoms with Crippen molar-refractivity contribution >= 4 is 10.1 Å². The van der Waals surface area contributed by atoms with Crippen molar-refractivity contribution < 1.29 is 17.4 Å². The number of hydrogen-bond donors (Lipinski definition) is 2. The van der Waals surface area contributed by atoms with Gasteiger partial charge in [0.2, 0.25) is 0 Å². The Hall–Kier alpha value is -0.980. The van der Waals surface area contributed by atoms with E-state index in [1.54, 1.807) is 6.07 Å². The zero-order chi connectivity index (χ0) is 13.6. The van der Waals surface area contributed by atoms with Crippen molar-refractivity contribution in [2.45, 2.75) is 25.8 Å². The number of nitrogens with one attached hydrogen (secondary N) is 1. The van der Waals surface area contributed by atoms with Gasteiger partial charge in [-0.05, 0) is 37.1 Å². The highest BCUT2D eigenvalue weighted by Crippen LogP contribution is 2.17. The molecule has 0 aliphatic heterocycles. The Kier molecular flexibility index (Phi) is 5.71. The van der Waals surface area contributed by atoms with Crippen molar-refractivity contribution in [3.8, 4) is 0 Å². The van der Waals surface area contributed by atoms with Gasteiger partial charge in [-0.3, -0.25) is 4.55 Å². The first-order valence-corrected chi connectivity index (χ1v) is 7.47. The minimum Gasteiger partial charge on any atom is -0.310 e. The van der Waals surface area contributed by atoms with Gasteiger partial charge in [-0.2, -0.15) is 8.42 Å². The van der Waals surface area contributed by atoms with Gasteiger partial charge in [0.05, 0.1) is 5.75 Å². The summed E-state index contributed by atoms with van der Waals surface area (Å²) < 4.78 is 42.7. The van der Waals surface area contributed by atoms with E-state index in [2.05, 4.69) is 5.32 Å². The Labute approximate surface area is 107 Å². The third kappa shape index (κ3) is 5.57. The average Bonchev–Trinajstić information content (AvgIpc) is 2.27. The average molecular weight is 275 g/mol. The van der Waals surface area contributed by atoms with Crippen molar-refractivity contribution in [1.82, 2.24) is 5.32 Å². The Balaban J connectivity index is 2.48. The number of halogens is 1. The predicted molar refractivity (Wildman–Crippen MR) is 68.5 cm³/mol. The molecule has 0 aliphatic rings. The second-order valence-corrected chi connectivity index (χ2v) is 5.68. The summed E-state index contributed by atoms with van der Waals surface area (Å²) in [5.74, 6) is -0.551. The molecule has 0 amide bonds. The molecule has 1 aromatic carbocycles. The van der Waals surface area contributed by atoms with Gasteiger partial charge in [0.25, 0.3) is 10.1 Å². The van der Waals surface area contributed by atoms with Gasteiger partial charge in [-0.25, -0.2) is 4.39 Å². The van der Waals surface area contributed by atoms with Gasteiger partial charge in [-0.1, -0.05) is 19.1 Å². The summed E-state index contributed by atoms with van der Waals surface area (Å²) in [5, 5.41) is 3.14. The smallest absolute Gasteiger partial charge is 0.264 e. The van der Waals surface area contributed by atoms with E-state index in [-0.39, 0.29) is 17.6 Å². The highest BCUT2D eigenvalue weighted by atomic mass is 32.2. The monoisotopic (exact) mass is 275 g/mol. The van der Waals surface area contributed by atoms with Gasteiger partial charge in [0.15, 0.2) is 0 Å². The third-order valence-electron chi connectivity index (χ3n) is 2.63. The van der Waals surface area contributed by atoms with Crippen LogP contribution >= 0.6 is 0 Å². The summed E-state index contributed by atoms with van der Waals surface area (Å²) in [4.78, 5) is 0. The molecule has 0 radical (unpaired) electrons. The fourth-order valence-corrected chi connectivity index (χ4v) is 2.26. The summed E-state index contributed by atoms with van der Waals surface area (Å²) in [6.45, 7) is 2.42. The van der Waals surface area contributed by atoms with E-state index in [1.165, 1.54) is 12.1 Å². The quantitative estimate of drug-likeness (QED) is 0.591. The molecule has 0 fully saturated rings. The minimum atomic E-state index is -3.90. The maximum atomic E-state index is 13.1. The topological polar surface area (TPSA) is 66.4 Å². The molecule has 1 aromatic rings. The van der Waals surface area contributed by atoms with Crippen LogP contribution in [0.1, 0.15) is 31.4 Å². The van der Waals surface area contributed by atoms with E-state index in [1.807, 2.05) is 13.0 Å². The van der Waals surface area contributed by atoms with E-state index in [9.17, 15) is 12.8 Å². The van der Waals surface area contributed by atoms with E-state index >= 15 is 0 Å². The Morgan fingerprint density at radius 3 is 2.72 bits per heavy atom. The maximum absolute atomic E-state index is 13.1. The molecule has 4 nitrogen and oxygen atoms in total. The molecule has 1 unspecified atom stereocenters. The first kappa shape index (κ1) is 15.1. The van der Waals surface area contributed by atoms with Crippen LogP contribution in [0.2, 0.25) is 0 Å². The third-order valence-corrected chi connectivity index (χ3v) is 3.43. The fraction of sp³-hybridized carbons (Fsp3) is 0.500. The van der Waals surface area contributed by atoms with E-state index < -0.39 is 10.1 Å². The molecule has 1 rings (SSSR count). The molecule has 0 saturated heterocycles. The van der Waals surface area contributed by atoms with Crippen molar-refractivity contribution in [3.63, 3.8) is 0 Å². The zero-order valence-electron chi connectivity index (χ0n) is 10.3. The molecular formula is C12H18FNO3S. The highest BCUT2D eigenvalue weighted by molar-refractivity contribution is 7.85. The van der Waals surface area contributed by atoms with Crippen LogP contribution in [-0.2, 0) is 10.1 Å². The summed E-state index contributed by atoms with van der Waals surface area (Å²) in [6, 6.07) is 6.31. The van der Waals surface area contributed by atoms with Gasteiger partial charge in [0.1, 0.15) is 5.82 Å². The molecule has 2 N–H and O–H groups in total. The Morgan fingerprint density at radius 2 is 2.17 bits per heavy atom. The second kappa shape index (κ2) is 6.82. The van der Waals surface area contributed by atoms with Crippen molar-refractivity contribution in [3.05, 3.63) is 35.6 Å². The Bertz CT molecular complexity index is 476. The van der Waals surface area contributed by atoms with Crippen LogP contribution in [0.3, 0.4) is 0 Å². The highest BCUT2D eigenvalue weighted by Gasteiger charge is 2.10. The van der Waals surface area contributed by atoms with Gasteiger partial charge in [-0.15, -0.1) is 0 Å². The maximum Gasteiger partial charge on any atom is 0.264 e. The number of hydrogen-bond acceptors (Lipinski definition) is 3. The summed E-state index contributed by atoms with van der Waals surface area (Å²) in [5.41, 5.74) is 0.837. The van der Waals surface area contributed by atoms with Crippen molar-refractivity contribution in [1.29, 1.82) is 0 Å². The lowest BCUT2D eigenvalue weighted by Crippen LogP contribution is -2.23. The summed E-state index contributed by atoms with van der Waals surface area (Å²) >= 11 is 0. The molecular weight excluding hydrogens is 257 g/mol. The lowest BCUT2D eigenvalue weighted by Gasteiger charge is -2.17. The molecule has 0 spiro atoms. The molecule has 6 heteroatoms. The lowest BCUT2D eigenvalue weighted by molar-refractivity contribution is 0.473. The Morgan fingerprint density at radius 1 is 1.44 bits per heavy atom. The zero-order valence-corrected chi connectivity index (χ0v) is 11.1. The first-order valence-electron chi connectivity index (χ1n) is 5.86. The second-order valence-electron chi connectivity index (χ2n) is 4.11. The molecule has 0 saturated carbocycles. The standard InChI is InChI=1S/C12H18FNO3S/c1-2-12(10-5-3-6-11(13)9-10)14-7-4-8-18(15,16)17/h3,5-6,9,12,14H,2,4,7-8H2,1H3,(H,15,16,17). The van der Waals surface area contributed by atoms with Crippen molar-refractivity contribution in [2.75, 3.05) is 12.3 Å². The molecule has 0 heterocycles. The number of rotatable bonds is 7. The van der Waals surface area contributed by atoms with Crippen LogP contribution in [0.25, 0.3) is 0 Å². The molecule has 1 atom stereocenters. The molecule has 0 aliphatic carbocycles. The van der Waals surface area contributed by atoms with E-state index in [4.69, 9.17) is 4.55 Å². The summed E-state index contributed by atoms with van der Waals surface area (Å²) in [6.07, 6.45) is 1.10. The molecule has 0 aromatic heterocycles. The van der Waals surface area contributed by atoms with Crippen LogP contribution < -0.4 is 5.32 Å². The van der Waals surface area contributed by atoms with Gasteiger partial charge in [0, 0.05) is 6.04 Å². The lowest BCUT2D eigenvalue weighted by atomic mass is 10.0. The normalized spacial score (nSPS) is 13.5. The van der Waals surface area contributed by atoms with Crippen molar-refractivity contribution in [2.24, 2.45) is 0 Å². The predicted octanol–water partition coefficient (Wildman–Crippen LogP) is 2.14. The SMILES string of the molecule is CCC(NCCCS(=O)(=O)O)c1cccc(F)c1. The van der Waals surface area contributed by atoms with Gasteiger partial charge >= 0.3 is 0 Å². The molecule has 0 bridgehead atoms. The largest absolute Gasteiger partial charge is 0.310 e. The molecule has 18 heavy (non-hydrogen) atoms. The fourth-order valence-electron chi connectivity index (χ4n) is 1.75. The van der Waals surface area contributed by atoms with E-state index in [0.717, 1.165) is 12.0 Å². The van der Waals surface area contributed by atoms with Crippen LogP contribution in [0, 0.1) is 5.82 Å². The molecule has 102 valence electrons. The van der Waals surface area contributed by atoms with E-state index in [0.29, 0.717) is 13.0 Å². The minimum absolute atomic E-state index is 0.0119. The van der Waals surface area contributed by atoms with Crippen LogP contribution in [-0.4, -0.2) is 25.3 Å². The number of benzene rings is 1. The summed E-state index contributed by atoms with van der Waals surface area (Å²) in [7, 11) is -3.90. The van der Waals surface area contributed by atoms with Crippen LogP contribution in [0.15, 0.2) is 24.3 Å². The first-order chi connectivity index (χ1) is 8.42.